The van der Waals surface area contributed by atoms with Crippen LogP contribution in [0.5, 0.6) is 5.75 Å². The Morgan fingerprint density at radius 1 is 1.08 bits per heavy atom. The standard InChI is InChI=1S/C21H27NO2/c1-5-16(4)19-11-6-7-12-20(19)22-21(23)17-9-8-10-18(13-17)24-14-15(2)3/h6-13,15-16H,5,14H2,1-4H3,(H,22,23)/t16-/m0/s1. The number of rotatable bonds is 7. The molecule has 0 aromatic heterocycles. The van der Waals surface area contributed by atoms with E-state index in [1.807, 2.05) is 36.4 Å². The Bertz CT molecular complexity index is 679. The molecule has 2 aromatic carbocycles. The average Bonchev–Trinajstić information content (AvgIpc) is 2.60. The Morgan fingerprint density at radius 2 is 1.83 bits per heavy atom. The van der Waals surface area contributed by atoms with Crippen molar-refractivity contribution in [2.45, 2.75) is 40.0 Å². The first-order valence-corrected chi connectivity index (χ1v) is 8.64. The number of nitrogens with one attached hydrogen (secondary N) is 1. The molecule has 0 fully saturated rings. The molecule has 1 amide bonds. The zero-order valence-electron chi connectivity index (χ0n) is 15.0. The fourth-order valence-electron chi connectivity index (χ4n) is 2.44. The molecule has 0 saturated carbocycles. The van der Waals surface area contributed by atoms with Gasteiger partial charge in [0.1, 0.15) is 5.75 Å². The van der Waals surface area contributed by atoms with Crippen LogP contribution in [-0.4, -0.2) is 12.5 Å². The van der Waals surface area contributed by atoms with Crippen LogP contribution in [0.1, 0.15) is 56.0 Å². The van der Waals surface area contributed by atoms with Crippen LogP contribution in [0.25, 0.3) is 0 Å². The van der Waals surface area contributed by atoms with Crippen LogP contribution >= 0.6 is 0 Å². The molecule has 0 aliphatic heterocycles. The van der Waals surface area contributed by atoms with Crippen LogP contribution in [0.3, 0.4) is 0 Å². The number of carbonyl (C=O) groups excluding carboxylic acids is 1. The molecular formula is C21H27NO2. The summed E-state index contributed by atoms with van der Waals surface area (Å²) in [7, 11) is 0. The Kier molecular flexibility index (Phi) is 6.42. The van der Waals surface area contributed by atoms with Crippen molar-refractivity contribution in [3.05, 3.63) is 59.7 Å². The number of carbonyl (C=O) groups is 1. The Balaban J connectivity index is 2.14. The van der Waals surface area contributed by atoms with E-state index < -0.39 is 0 Å². The molecule has 1 N–H and O–H groups in total. The zero-order valence-corrected chi connectivity index (χ0v) is 15.0. The van der Waals surface area contributed by atoms with Crippen molar-refractivity contribution < 1.29 is 9.53 Å². The normalized spacial score (nSPS) is 12.0. The molecule has 0 saturated heterocycles. The predicted octanol–water partition coefficient (Wildman–Crippen LogP) is 5.49. The fourth-order valence-corrected chi connectivity index (χ4v) is 2.44. The van der Waals surface area contributed by atoms with Gasteiger partial charge in [0.15, 0.2) is 0 Å². The van der Waals surface area contributed by atoms with Gasteiger partial charge in [-0.3, -0.25) is 4.79 Å². The monoisotopic (exact) mass is 325 g/mol. The lowest BCUT2D eigenvalue weighted by Crippen LogP contribution is -2.14. The number of hydrogen-bond acceptors (Lipinski definition) is 2. The van der Waals surface area contributed by atoms with E-state index in [1.54, 1.807) is 6.07 Å². The number of ether oxygens (including phenoxy) is 1. The minimum absolute atomic E-state index is 0.110. The highest BCUT2D eigenvalue weighted by molar-refractivity contribution is 6.04. The largest absolute Gasteiger partial charge is 0.493 e. The maximum atomic E-state index is 12.6. The molecule has 2 rings (SSSR count). The molecule has 2 aromatic rings. The molecule has 0 radical (unpaired) electrons. The molecule has 0 unspecified atom stereocenters. The van der Waals surface area contributed by atoms with Gasteiger partial charge in [0, 0.05) is 11.3 Å². The molecule has 3 heteroatoms. The first-order chi connectivity index (χ1) is 11.5. The summed E-state index contributed by atoms with van der Waals surface area (Å²) < 4.78 is 5.71. The molecule has 0 bridgehead atoms. The summed E-state index contributed by atoms with van der Waals surface area (Å²) in [6.07, 6.45) is 1.03. The van der Waals surface area contributed by atoms with Crippen LogP contribution < -0.4 is 10.1 Å². The SMILES string of the molecule is CC[C@H](C)c1ccccc1NC(=O)c1cccc(OCC(C)C)c1. The van der Waals surface area contributed by atoms with Crippen LogP contribution in [0.15, 0.2) is 48.5 Å². The topological polar surface area (TPSA) is 38.3 Å². The highest BCUT2D eigenvalue weighted by Gasteiger charge is 2.13. The van der Waals surface area contributed by atoms with E-state index in [2.05, 4.69) is 39.1 Å². The van der Waals surface area contributed by atoms with Crippen molar-refractivity contribution in [1.82, 2.24) is 0 Å². The lowest BCUT2D eigenvalue weighted by Gasteiger charge is -2.16. The Labute approximate surface area is 145 Å². The van der Waals surface area contributed by atoms with Gasteiger partial charge >= 0.3 is 0 Å². The molecule has 0 aliphatic carbocycles. The second-order valence-corrected chi connectivity index (χ2v) is 6.58. The summed E-state index contributed by atoms with van der Waals surface area (Å²) in [5.41, 5.74) is 2.65. The average molecular weight is 325 g/mol. The van der Waals surface area contributed by atoms with E-state index in [-0.39, 0.29) is 5.91 Å². The van der Waals surface area contributed by atoms with Crippen LogP contribution in [-0.2, 0) is 0 Å². The van der Waals surface area contributed by atoms with Crippen LogP contribution in [0, 0.1) is 5.92 Å². The third-order valence-corrected chi connectivity index (χ3v) is 4.03. The number of para-hydroxylation sites is 1. The molecular weight excluding hydrogens is 298 g/mol. The lowest BCUT2D eigenvalue weighted by atomic mass is 9.97. The quantitative estimate of drug-likeness (QED) is 0.731. The third-order valence-electron chi connectivity index (χ3n) is 4.03. The van der Waals surface area contributed by atoms with Gasteiger partial charge in [0.2, 0.25) is 0 Å². The maximum Gasteiger partial charge on any atom is 0.255 e. The highest BCUT2D eigenvalue weighted by Crippen LogP contribution is 2.27. The lowest BCUT2D eigenvalue weighted by molar-refractivity contribution is 0.102. The highest BCUT2D eigenvalue weighted by atomic mass is 16.5. The van der Waals surface area contributed by atoms with Gasteiger partial charge in [0.05, 0.1) is 6.61 Å². The van der Waals surface area contributed by atoms with Gasteiger partial charge in [-0.1, -0.05) is 52.0 Å². The van der Waals surface area contributed by atoms with Gasteiger partial charge in [-0.2, -0.15) is 0 Å². The summed E-state index contributed by atoms with van der Waals surface area (Å²) in [4.78, 5) is 12.6. The second kappa shape index (κ2) is 8.53. The van der Waals surface area contributed by atoms with Gasteiger partial charge in [-0.25, -0.2) is 0 Å². The first-order valence-electron chi connectivity index (χ1n) is 8.64. The molecule has 128 valence electrons. The van der Waals surface area contributed by atoms with Crippen molar-refractivity contribution in [3.63, 3.8) is 0 Å². The van der Waals surface area contributed by atoms with Gasteiger partial charge in [0.25, 0.3) is 5.91 Å². The van der Waals surface area contributed by atoms with Gasteiger partial charge < -0.3 is 10.1 Å². The van der Waals surface area contributed by atoms with E-state index in [4.69, 9.17) is 4.74 Å². The van der Waals surface area contributed by atoms with Crippen molar-refractivity contribution in [3.8, 4) is 5.75 Å². The maximum absolute atomic E-state index is 12.6. The summed E-state index contributed by atoms with van der Waals surface area (Å²) in [5.74, 6) is 1.47. The molecule has 1 atom stereocenters. The Hall–Kier alpha value is -2.29. The van der Waals surface area contributed by atoms with Gasteiger partial charge in [-0.05, 0) is 48.1 Å². The van der Waals surface area contributed by atoms with Crippen LogP contribution in [0.2, 0.25) is 0 Å². The van der Waals surface area contributed by atoms with E-state index in [9.17, 15) is 4.79 Å². The number of benzene rings is 2. The predicted molar refractivity (Wildman–Crippen MR) is 99.9 cm³/mol. The Morgan fingerprint density at radius 3 is 2.54 bits per heavy atom. The van der Waals surface area contributed by atoms with Crippen molar-refractivity contribution in [2.24, 2.45) is 5.92 Å². The molecule has 24 heavy (non-hydrogen) atoms. The van der Waals surface area contributed by atoms with Crippen LogP contribution in [0.4, 0.5) is 5.69 Å². The smallest absolute Gasteiger partial charge is 0.255 e. The van der Waals surface area contributed by atoms with Crippen molar-refractivity contribution in [2.75, 3.05) is 11.9 Å². The fraction of sp³-hybridized carbons (Fsp3) is 0.381. The third kappa shape index (κ3) is 4.85. The molecule has 0 aliphatic rings. The van der Waals surface area contributed by atoms with E-state index in [1.165, 1.54) is 5.56 Å². The molecule has 3 nitrogen and oxygen atoms in total. The number of anilines is 1. The zero-order chi connectivity index (χ0) is 17.5. The van der Waals surface area contributed by atoms with E-state index in [0.29, 0.717) is 24.0 Å². The summed E-state index contributed by atoms with van der Waals surface area (Å²) in [6.45, 7) is 9.16. The number of hydrogen-bond donors (Lipinski definition) is 1. The number of amides is 1. The minimum atomic E-state index is -0.110. The minimum Gasteiger partial charge on any atom is -0.493 e. The first kappa shape index (κ1) is 18.1. The molecule has 0 spiro atoms. The van der Waals surface area contributed by atoms with E-state index in [0.717, 1.165) is 17.9 Å². The summed E-state index contributed by atoms with van der Waals surface area (Å²) >= 11 is 0. The molecule has 0 heterocycles. The van der Waals surface area contributed by atoms with E-state index >= 15 is 0 Å². The van der Waals surface area contributed by atoms with Gasteiger partial charge in [-0.15, -0.1) is 0 Å². The summed E-state index contributed by atoms with van der Waals surface area (Å²) in [6, 6.07) is 15.3. The second-order valence-electron chi connectivity index (χ2n) is 6.58. The van der Waals surface area contributed by atoms with Crippen molar-refractivity contribution >= 4 is 11.6 Å². The summed E-state index contributed by atoms with van der Waals surface area (Å²) in [5, 5.41) is 3.04. The van der Waals surface area contributed by atoms with Crippen molar-refractivity contribution in [1.29, 1.82) is 0 Å².